The molecule has 0 aliphatic rings. The number of thiophene rings is 1. The van der Waals surface area contributed by atoms with E-state index in [-0.39, 0.29) is 5.91 Å². The van der Waals surface area contributed by atoms with E-state index in [0.29, 0.717) is 5.69 Å². The number of anilines is 1. The van der Waals surface area contributed by atoms with E-state index in [1.807, 2.05) is 31.2 Å². The van der Waals surface area contributed by atoms with Crippen LogP contribution in [0.2, 0.25) is 0 Å². The Bertz CT molecular complexity index is 1090. The van der Waals surface area contributed by atoms with E-state index in [1.54, 1.807) is 11.3 Å². The van der Waals surface area contributed by atoms with Gasteiger partial charge in [0.05, 0.1) is 10.2 Å². The zero-order valence-electron chi connectivity index (χ0n) is 15.5. The molecular weight excluding hydrogens is 352 g/mol. The first-order valence-corrected chi connectivity index (χ1v) is 9.99. The Morgan fingerprint density at radius 3 is 2.67 bits per heavy atom. The molecule has 4 aromatic rings. The van der Waals surface area contributed by atoms with E-state index in [2.05, 4.69) is 58.6 Å². The zero-order valence-corrected chi connectivity index (χ0v) is 16.3. The second-order valence-electron chi connectivity index (χ2n) is 6.79. The number of aromatic nitrogens is 1. The molecule has 27 heavy (non-hydrogen) atoms. The number of hydrogen-bond acceptors (Lipinski definition) is 2. The molecule has 3 nitrogen and oxygen atoms in total. The second kappa shape index (κ2) is 7.41. The van der Waals surface area contributed by atoms with Gasteiger partial charge in [-0.25, -0.2) is 0 Å². The predicted molar refractivity (Wildman–Crippen MR) is 114 cm³/mol. The normalized spacial score (nSPS) is 11.0. The summed E-state index contributed by atoms with van der Waals surface area (Å²) in [6.07, 6.45) is 0.893. The lowest BCUT2D eigenvalue weighted by molar-refractivity contribution is 0.101. The number of aryl methyl sites for hydroxylation is 3. The van der Waals surface area contributed by atoms with Crippen LogP contribution in [-0.4, -0.2) is 10.5 Å². The number of amides is 1. The largest absolute Gasteiger partial charge is 0.335 e. The van der Waals surface area contributed by atoms with Crippen molar-refractivity contribution in [2.45, 2.75) is 26.8 Å². The van der Waals surface area contributed by atoms with Crippen LogP contribution < -0.4 is 5.32 Å². The fourth-order valence-electron chi connectivity index (χ4n) is 3.36. The summed E-state index contributed by atoms with van der Waals surface area (Å²) in [5, 5.41) is 5.18. The maximum Gasteiger partial charge on any atom is 0.272 e. The van der Waals surface area contributed by atoms with Crippen LogP contribution in [-0.2, 0) is 13.0 Å². The van der Waals surface area contributed by atoms with Gasteiger partial charge in [-0.15, -0.1) is 11.3 Å². The Hall–Kier alpha value is -2.85. The van der Waals surface area contributed by atoms with E-state index in [9.17, 15) is 4.79 Å². The van der Waals surface area contributed by atoms with Gasteiger partial charge in [-0.1, -0.05) is 42.5 Å². The SMILES string of the molecule is Cc1cccc(NC(=O)c2cc3sccc3n2CCc2ccccc2)c1C. The van der Waals surface area contributed by atoms with Crippen molar-refractivity contribution in [2.24, 2.45) is 0 Å². The average Bonchev–Trinajstić information content (AvgIpc) is 3.26. The van der Waals surface area contributed by atoms with Crippen LogP contribution in [0.15, 0.2) is 66.0 Å². The van der Waals surface area contributed by atoms with E-state index in [0.717, 1.165) is 34.4 Å². The van der Waals surface area contributed by atoms with Gasteiger partial charge >= 0.3 is 0 Å². The molecule has 0 bridgehead atoms. The summed E-state index contributed by atoms with van der Waals surface area (Å²) in [6, 6.07) is 20.5. The summed E-state index contributed by atoms with van der Waals surface area (Å²) in [6.45, 7) is 4.88. The number of carbonyl (C=O) groups excluding carboxylic acids is 1. The fraction of sp³-hybridized carbons (Fsp3) is 0.174. The Kier molecular flexibility index (Phi) is 4.82. The molecule has 136 valence electrons. The van der Waals surface area contributed by atoms with Crippen molar-refractivity contribution >= 4 is 33.1 Å². The first kappa shape index (κ1) is 17.6. The molecule has 0 unspecified atom stereocenters. The molecular formula is C23H22N2OS. The molecule has 0 saturated heterocycles. The third-order valence-corrected chi connectivity index (χ3v) is 5.93. The van der Waals surface area contributed by atoms with E-state index in [4.69, 9.17) is 0 Å². The molecule has 0 atom stereocenters. The average molecular weight is 375 g/mol. The van der Waals surface area contributed by atoms with Crippen molar-refractivity contribution in [3.8, 4) is 0 Å². The van der Waals surface area contributed by atoms with Crippen LogP contribution in [0.25, 0.3) is 10.2 Å². The van der Waals surface area contributed by atoms with Gasteiger partial charge in [0.2, 0.25) is 0 Å². The van der Waals surface area contributed by atoms with Crippen molar-refractivity contribution < 1.29 is 4.79 Å². The smallest absolute Gasteiger partial charge is 0.272 e. The van der Waals surface area contributed by atoms with Gasteiger partial charge in [0.15, 0.2) is 0 Å². The number of nitrogens with one attached hydrogen (secondary N) is 1. The molecule has 0 spiro atoms. The maximum atomic E-state index is 13.1. The Morgan fingerprint density at radius 2 is 1.85 bits per heavy atom. The van der Waals surface area contributed by atoms with Gasteiger partial charge in [-0.3, -0.25) is 4.79 Å². The number of hydrogen-bond donors (Lipinski definition) is 1. The number of nitrogens with zero attached hydrogens (tertiary/aromatic N) is 1. The minimum atomic E-state index is -0.0554. The molecule has 1 amide bonds. The van der Waals surface area contributed by atoms with Gasteiger partial charge in [0.25, 0.3) is 5.91 Å². The molecule has 4 rings (SSSR count). The predicted octanol–water partition coefficient (Wildman–Crippen LogP) is 5.81. The molecule has 0 saturated carbocycles. The summed E-state index contributed by atoms with van der Waals surface area (Å²) in [4.78, 5) is 13.1. The standard InChI is InChI=1S/C23H22N2OS/c1-16-7-6-10-19(17(16)2)24-23(26)21-15-22-20(12-14-27-22)25(21)13-11-18-8-4-3-5-9-18/h3-10,12,14-15H,11,13H2,1-2H3,(H,24,26). The highest BCUT2D eigenvalue weighted by atomic mass is 32.1. The zero-order chi connectivity index (χ0) is 18.8. The lowest BCUT2D eigenvalue weighted by Crippen LogP contribution is -2.18. The quantitative estimate of drug-likeness (QED) is 0.469. The Labute approximate surface area is 163 Å². The molecule has 2 heterocycles. The summed E-state index contributed by atoms with van der Waals surface area (Å²) in [5.74, 6) is -0.0554. The highest BCUT2D eigenvalue weighted by Crippen LogP contribution is 2.27. The second-order valence-corrected chi connectivity index (χ2v) is 7.74. The lowest BCUT2D eigenvalue weighted by atomic mass is 10.1. The van der Waals surface area contributed by atoms with Crippen LogP contribution in [0, 0.1) is 13.8 Å². The van der Waals surface area contributed by atoms with Crippen molar-refractivity contribution in [2.75, 3.05) is 5.32 Å². The fourth-order valence-corrected chi connectivity index (χ4v) is 4.19. The van der Waals surface area contributed by atoms with Gasteiger partial charge < -0.3 is 9.88 Å². The minimum Gasteiger partial charge on any atom is -0.335 e. The summed E-state index contributed by atoms with van der Waals surface area (Å²) in [7, 11) is 0. The lowest BCUT2D eigenvalue weighted by Gasteiger charge is -2.13. The Morgan fingerprint density at radius 1 is 1.04 bits per heavy atom. The van der Waals surface area contributed by atoms with Gasteiger partial charge in [0, 0.05) is 12.2 Å². The highest BCUT2D eigenvalue weighted by molar-refractivity contribution is 7.17. The monoisotopic (exact) mass is 374 g/mol. The van der Waals surface area contributed by atoms with Crippen LogP contribution in [0.4, 0.5) is 5.69 Å². The highest BCUT2D eigenvalue weighted by Gasteiger charge is 2.17. The minimum absolute atomic E-state index is 0.0554. The molecule has 4 heteroatoms. The molecule has 2 aromatic heterocycles. The van der Waals surface area contributed by atoms with E-state index in [1.165, 1.54) is 11.1 Å². The summed E-state index contributed by atoms with van der Waals surface area (Å²) in [5.41, 5.74) is 6.27. The van der Waals surface area contributed by atoms with Crippen LogP contribution >= 0.6 is 11.3 Å². The van der Waals surface area contributed by atoms with Gasteiger partial charge in [-0.2, -0.15) is 0 Å². The van der Waals surface area contributed by atoms with Crippen LogP contribution in [0.5, 0.6) is 0 Å². The number of fused-ring (bicyclic) bond motifs is 1. The third-order valence-electron chi connectivity index (χ3n) is 5.08. The topological polar surface area (TPSA) is 34.0 Å². The molecule has 0 fully saturated rings. The Balaban J connectivity index is 1.63. The van der Waals surface area contributed by atoms with E-state index >= 15 is 0 Å². The molecule has 1 N–H and O–H groups in total. The summed E-state index contributed by atoms with van der Waals surface area (Å²) < 4.78 is 3.29. The van der Waals surface area contributed by atoms with E-state index < -0.39 is 0 Å². The van der Waals surface area contributed by atoms with Crippen molar-refractivity contribution in [1.29, 1.82) is 0 Å². The third kappa shape index (κ3) is 3.53. The maximum absolute atomic E-state index is 13.1. The van der Waals surface area contributed by atoms with Crippen molar-refractivity contribution in [3.63, 3.8) is 0 Å². The number of carbonyl (C=O) groups is 1. The van der Waals surface area contributed by atoms with Crippen molar-refractivity contribution in [1.82, 2.24) is 4.57 Å². The molecule has 2 aromatic carbocycles. The first-order chi connectivity index (χ1) is 13.1. The number of rotatable bonds is 5. The molecule has 0 aliphatic carbocycles. The number of benzene rings is 2. The first-order valence-electron chi connectivity index (χ1n) is 9.12. The van der Waals surface area contributed by atoms with Gasteiger partial charge in [0.1, 0.15) is 5.69 Å². The molecule has 0 radical (unpaired) electrons. The van der Waals surface area contributed by atoms with Crippen molar-refractivity contribution in [3.05, 3.63) is 88.4 Å². The summed E-state index contributed by atoms with van der Waals surface area (Å²) >= 11 is 1.67. The van der Waals surface area contributed by atoms with Crippen LogP contribution in [0.1, 0.15) is 27.2 Å². The molecule has 0 aliphatic heterocycles. The van der Waals surface area contributed by atoms with Gasteiger partial charge in [-0.05, 0) is 60.5 Å². The van der Waals surface area contributed by atoms with Crippen LogP contribution in [0.3, 0.4) is 0 Å².